The number of hydrogen-bond acceptors (Lipinski definition) is 5. The molecular formula is C23H34N2O3. The number of likely N-dealkylation sites (N-methyl/N-ethyl adjacent to an activating group) is 1. The second-order valence-corrected chi connectivity index (χ2v) is 9.13. The number of benzene rings is 1. The number of ether oxygens (including phenoxy) is 2. The van der Waals surface area contributed by atoms with Crippen molar-refractivity contribution in [1.29, 1.82) is 0 Å². The van der Waals surface area contributed by atoms with Gasteiger partial charge < -0.3 is 20.1 Å². The van der Waals surface area contributed by atoms with E-state index < -0.39 is 0 Å². The number of rotatable bonds is 9. The zero-order chi connectivity index (χ0) is 19.6. The summed E-state index contributed by atoms with van der Waals surface area (Å²) in [6.07, 6.45) is 5.84. The Hall–Kier alpha value is -1.43. The molecule has 4 bridgehead atoms. The van der Waals surface area contributed by atoms with E-state index in [-0.39, 0.29) is 23.5 Å². The highest BCUT2D eigenvalue weighted by Crippen LogP contribution is 2.60. The van der Waals surface area contributed by atoms with Crippen LogP contribution in [-0.2, 0) is 20.9 Å². The van der Waals surface area contributed by atoms with E-state index >= 15 is 0 Å². The first kappa shape index (κ1) is 19.9. The third-order valence-electron chi connectivity index (χ3n) is 7.33. The van der Waals surface area contributed by atoms with E-state index in [4.69, 9.17) is 9.47 Å². The molecule has 0 amide bonds. The Bertz CT molecular complexity index is 651. The standard InChI is InChI=1S/C23H34N2O3/c1-24-20(15-28-14-16-6-4-3-5-7-16)13-25-21-19-9-17-8-18(10-19)12-23(21,11-17)22(26)27-2/h3-7,17-21,24-25H,8-15H2,1-2H3. The minimum absolute atomic E-state index is 0.00503. The van der Waals surface area contributed by atoms with Crippen LogP contribution in [0.3, 0.4) is 0 Å². The van der Waals surface area contributed by atoms with Gasteiger partial charge in [-0.3, -0.25) is 4.79 Å². The fourth-order valence-electron chi connectivity index (χ4n) is 6.31. The summed E-state index contributed by atoms with van der Waals surface area (Å²) in [5, 5.41) is 7.14. The highest BCUT2D eigenvalue weighted by Gasteiger charge is 2.61. The molecule has 4 aliphatic rings. The molecule has 0 saturated heterocycles. The highest BCUT2D eigenvalue weighted by atomic mass is 16.5. The number of nitrogens with one attached hydrogen (secondary N) is 2. The summed E-state index contributed by atoms with van der Waals surface area (Å²) in [7, 11) is 3.52. The number of hydrogen-bond donors (Lipinski definition) is 2. The van der Waals surface area contributed by atoms with Crippen LogP contribution in [0.1, 0.15) is 37.7 Å². The van der Waals surface area contributed by atoms with Crippen molar-refractivity contribution in [3.05, 3.63) is 35.9 Å². The largest absolute Gasteiger partial charge is 0.469 e. The molecule has 0 heterocycles. The van der Waals surface area contributed by atoms with Crippen molar-refractivity contribution >= 4 is 5.97 Å². The van der Waals surface area contributed by atoms with Gasteiger partial charge in [0.25, 0.3) is 0 Å². The average molecular weight is 387 g/mol. The monoisotopic (exact) mass is 386 g/mol. The summed E-state index contributed by atoms with van der Waals surface area (Å²) >= 11 is 0. The fraction of sp³-hybridized carbons (Fsp3) is 0.696. The Morgan fingerprint density at radius 1 is 1.18 bits per heavy atom. The minimum atomic E-state index is -0.313. The van der Waals surface area contributed by atoms with Crippen LogP contribution in [0.2, 0.25) is 0 Å². The number of methoxy groups -OCH3 is 1. The molecule has 0 radical (unpaired) electrons. The predicted octanol–water partition coefficient (Wildman–Crippen LogP) is 2.75. The van der Waals surface area contributed by atoms with Crippen LogP contribution in [0.15, 0.2) is 30.3 Å². The predicted molar refractivity (Wildman–Crippen MR) is 109 cm³/mol. The minimum Gasteiger partial charge on any atom is -0.469 e. The highest BCUT2D eigenvalue weighted by molar-refractivity contribution is 5.78. The molecular weight excluding hydrogens is 352 g/mol. The summed E-state index contributed by atoms with van der Waals surface area (Å²) in [6, 6.07) is 10.7. The molecule has 4 atom stereocenters. The number of esters is 1. The fourth-order valence-corrected chi connectivity index (χ4v) is 6.31. The molecule has 5 nitrogen and oxygen atoms in total. The molecule has 4 fully saturated rings. The van der Waals surface area contributed by atoms with E-state index in [1.54, 1.807) is 7.11 Å². The van der Waals surface area contributed by atoms with Crippen molar-refractivity contribution in [3.63, 3.8) is 0 Å². The maximum Gasteiger partial charge on any atom is 0.313 e. The van der Waals surface area contributed by atoms with Crippen molar-refractivity contribution < 1.29 is 14.3 Å². The van der Waals surface area contributed by atoms with Crippen LogP contribution in [-0.4, -0.2) is 45.4 Å². The lowest BCUT2D eigenvalue weighted by Crippen LogP contribution is -2.65. The quantitative estimate of drug-likeness (QED) is 0.639. The van der Waals surface area contributed by atoms with Crippen molar-refractivity contribution in [3.8, 4) is 0 Å². The van der Waals surface area contributed by atoms with Crippen LogP contribution >= 0.6 is 0 Å². The molecule has 4 unspecified atom stereocenters. The molecule has 28 heavy (non-hydrogen) atoms. The Kier molecular flexibility index (Phi) is 6.04. The Balaban J connectivity index is 1.35. The van der Waals surface area contributed by atoms with Gasteiger partial charge in [0.15, 0.2) is 0 Å². The normalized spacial score (nSPS) is 34.4. The van der Waals surface area contributed by atoms with Gasteiger partial charge in [0.1, 0.15) is 0 Å². The molecule has 4 aliphatic carbocycles. The van der Waals surface area contributed by atoms with Crippen molar-refractivity contribution in [2.45, 2.75) is 50.8 Å². The second kappa shape index (κ2) is 8.52. The Morgan fingerprint density at radius 2 is 1.89 bits per heavy atom. The molecule has 1 aromatic rings. The molecule has 5 heteroatoms. The van der Waals surface area contributed by atoms with E-state index in [1.807, 2.05) is 25.2 Å². The molecule has 2 N–H and O–H groups in total. The topological polar surface area (TPSA) is 59.6 Å². The number of carbonyl (C=O) groups is 1. The van der Waals surface area contributed by atoms with Crippen LogP contribution in [0.5, 0.6) is 0 Å². The van der Waals surface area contributed by atoms with Crippen LogP contribution in [0, 0.1) is 23.2 Å². The van der Waals surface area contributed by atoms with Gasteiger partial charge in [0.05, 0.1) is 25.7 Å². The average Bonchev–Trinajstić information content (AvgIpc) is 2.71. The first-order chi connectivity index (χ1) is 13.6. The van der Waals surface area contributed by atoms with Gasteiger partial charge in [-0.25, -0.2) is 0 Å². The second-order valence-electron chi connectivity index (χ2n) is 9.13. The van der Waals surface area contributed by atoms with E-state index in [2.05, 4.69) is 22.8 Å². The smallest absolute Gasteiger partial charge is 0.313 e. The number of carbonyl (C=O) groups excluding carboxylic acids is 1. The molecule has 154 valence electrons. The maximum absolute atomic E-state index is 12.8. The zero-order valence-electron chi connectivity index (χ0n) is 17.2. The molecule has 0 aromatic heterocycles. The lowest BCUT2D eigenvalue weighted by atomic mass is 9.47. The first-order valence-electron chi connectivity index (χ1n) is 10.8. The maximum atomic E-state index is 12.8. The van der Waals surface area contributed by atoms with Crippen LogP contribution in [0.4, 0.5) is 0 Å². The first-order valence-corrected chi connectivity index (χ1v) is 10.8. The van der Waals surface area contributed by atoms with Gasteiger partial charge in [-0.2, -0.15) is 0 Å². The van der Waals surface area contributed by atoms with E-state index in [0.29, 0.717) is 31.0 Å². The summed E-state index contributed by atoms with van der Waals surface area (Å²) in [5.74, 6) is 2.03. The van der Waals surface area contributed by atoms with E-state index in [9.17, 15) is 4.79 Å². The van der Waals surface area contributed by atoms with Crippen molar-refractivity contribution in [2.24, 2.45) is 23.2 Å². The zero-order valence-corrected chi connectivity index (χ0v) is 17.2. The van der Waals surface area contributed by atoms with Gasteiger partial charge in [-0.05, 0) is 62.5 Å². The summed E-state index contributed by atoms with van der Waals surface area (Å²) < 4.78 is 11.2. The van der Waals surface area contributed by atoms with Crippen LogP contribution < -0.4 is 10.6 Å². The van der Waals surface area contributed by atoms with Crippen molar-refractivity contribution in [1.82, 2.24) is 10.6 Å². The van der Waals surface area contributed by atoms with Gasteiger partial charge in [-0.15, -0.1) is 0 Å². The van der Waals surface area contributed by atoms with Gasteiger partial charge in [0.2, 0.25) is 0 Å². The third-order valence-corrected chi connectivity index (χ3v) is 7.33. The Labute approximate surface area is 168 Å². The van der Waals surface area contributed by atoms with E-state index in [0.717, 1.165) is 19.4 Å². The van der Waals surface area contributed by atoms with Crippen LogP contribution in [0.25, 0.3) is 0 Å². The summed E-state index contributed by atoms with van der Waals surface area (Å²) in [6.45, 7) is 2.08. The summed E-state index contributed by atoms with van der Waals surface area (Å²) in [4.78, 5) is 12.8. The Morgan fingerprint density at radius 3 is 2.54 bits per heavy atom. The van der Waals surface area contributed by atoms with Gasteiger partial charge in [0, 0.05) is 18.6 Å². The molecule has 4 saturated carbocycles. The van der Waals surface area contributed by atoms with Gasteiger partial charge in [-0.1, -0.05) is 30.3 Å². The van der Waals surface area contributed by atoms with Crippen molar-refractivity contribution in [2.75, 3.05) is 27.3 Å². The van der Waals surface area contributed by atoms with Gasteiger partial charge >= 0.3 is 5.97 Å². The van der Waals surface area contributed by atoms with E-state index in [1.165, 1.54) is 24.8 Å². The molecule has 5 rings (SSSR count). The lowest BCUT2D eigenvalue weighted by Gasteiger charge is -2.59. The third kappa shape index (κ3) is 3.85. The SMILES string of the molecule is CNC(CNC1C2CC3CC(C2)CC1(C(=O)OC)C3)COCc1ccccc1. The molecule has 1 aromatic carbocycles. The molecule has 0 spiro atoms. The summed E-state index contributed by atoms with van der Waals surface area (Å²) in [5.41, 5.74) is 0.878. The molecule has 0 aliphatic heterocycles. The lowest BCUT2D eigenvalue weighted by molar-refractivity contribution is -0.174.